The van der Waals surface area contributed by atoms with Gasteiger partial charge in [0.1, 0.15) is 0 Å². The van der Waals surface area contributed by atoms with Gasteiger partial charge in [0.2, 0.25) is 5.88 Å². The van der Waals surface area contributed by atoms with Gasteiger partial charge in [0.05, 0.1) is 0 Å². The van der Waals surface area contributed by atoms with Gasteiger partial charge in [0.15, 0.2) is 6.10 Å². The van der Waals surface area contributed by atoms with Crippen LogP contribution in [-0.2, 0) is 6.54 Å². The number of aromatic nitrogens is 1. The van der Waals surface area contributed by atoms with Gasteiger partial charge in [-0.2, -0.15) is 13.2 Å². The summed E-state index contributed by atoms with van der Waals surface area (Å²) in [5.74, 6) is 0.0116. The quantitative estimate of drug-likeness (QED) is 0.896. The smallest absolute Gasteiger partial charge is 0.425 e. The normalized spacial score (nSPS) is 17.3. The summed E-state index contributed by atoms with van der Waals surface area (Å²) in [5.41, 5.74) is 1.68. The molecule has 0 aliphatic heterocycles. The van der Waals surface area contributed by atoms with E-state index in [2.05, 4.69) is 10.3 Å². The van der Waals surface area contributed by atoms with Gasteiger partial charge in [-0.3, -0.25) is 0 Å². The number of nitrogens with zero attached hydrogens (tertiary/aromatic N) is 1. The van der Waals surface area contributed by atoms with Crippen LogP contribution in [0.2, 0.25) is 0 Å². The van der Waals surface area contributed by atoms with Crippen LogP contribution in [0.4, 0.5) is 13.2 Å². The summed E-state index contributed by atoms with van der Waals surface area (Å²) in [6, 6.07) is 3.83. The van der Waals surface area contributed by atoms with Gasteiger partial charge in [0.25, 0.3) is 0 Å². The molecule has 2 rings (SSSR count). The molecule has 0 bridgehead atoms. The number of ether oxygens (including phenoxy) is 1. The standard InChI is InChI=1S/C13H17F3N2O/c1-8-10(7-17-11-4-5-11)3-6-12(18-8)19-9(2)13(14,15)16/h3,6,9,11,17H,4-5,7H2,1-2H3. The van der Waals surface area contributed by atoms with Crippen molar-refractivity contribution in [2.45, 2.75) is 51.6 Å². The van der Waals surface area contributed by atoms with Gasteiger partial charge < -0.3 is 10.1 Å². The van der Waals surface area contributed by atoms with Crippen LogP contribution in [0.25, 0.3) is 0 Å². The molecule has 1 aromatic heterocycles. The molecule has 1 atom stereocenters. The molecule has 19 heavy (non-hydrogen) atoms. The van der Waals surface area contributed by atoms with Crippen LogP contribution in [0.15, 0.2) is 12.1 Å². The van der Waals surface area contributed by atoms with E-state index in [4.69, 9.17) is 4.74 Å². The molecule has 0 aromatic carbocycles. The predicted molar refractivity (Wildman–Crippen MR) is 65.0 cm³/mol. The van der Waals surface area contributed by atoms with E-state index in [-0.39, 0.29) is 5.88 Å². The Morgan fingerprint density at radius 2 is 2.11 bits per heavy atom. The molecule has 6 heteroatoms. The molecule has 0 radical (unpaired) electrons. The monoisotopic (exact) mass is 274 g/mol. The number of pyridine rings is 1. The highest BCUT2D eigenvalue weighted by molar-refractivity contribution is 5.25. The Balaban J connectivity index is 1.97. The first-order valence-corrected chi connectivity index (χ1v) is 6.29. The lowest BCUT2D eigenvalue weighted by molar-refractivity contribution is -0.190. The fourth-order valence-corrected chi connectivity index (χ4v) is 1.61. The molecule has 0 amide bonds. The fraction of sp³-hybridized carbons (Fsp3) is 0.615. The molecule has 3 nitrogen and oxygen atoms in total. The van der Waals surface area contributed by atoms with Crippen LogP contribution in [0.5, 0.6) is 5.88 Å². The van der Waals surface area contributed by atoms with Gasteiger partial charge in [0, 0.05) is 24.3 Å². The maximum Gasteiger partial charge on any atom is 0.425 e. The molecule has 1 N–H and O–H groups in total. The van der Waals surface area contributed by atoms with Crippen molar-refractivity contribution in [3.8, 4) is 5.88 Å². The van der Waals surface area contributed by atoms with Crippen molar-refractivity contribution in [1.29, 1.82) is 0 Å². The van der Waals surface area contributed by atoms with E-state index in [1.165, 1.54) is 18.9 Å². The zero-order valence-electron chi connectivity index (χ0n) is 10.9. The zero-order chi connectivity index (χ0) is 14.0. The second-order valence-electron chi connectivity index (χ2n) is 4.85. The van der Waals surface area contributed by atoms with Crippen molar-refractivity contribution in [1.82, 2.24) is 10.3 Å². The van der Waals surface area contributed by atoms with Gasteiger partial charge in [-0.15, -0.1) is 0 Å². The van der Waals surface area contributed by atoms with Crippen molar-refractivity contribution in [2.75, 3.05) is 0 Å². The Kier molecular flexibility index (Phi) is 3.99. The summed E-state index contributed by atoms with van der Waals surface area (Å²) < 4.78 is 41.9. The molecule has 1 heterocycles. The van der Waals surface area contributed by atoms with Crippen molar-refractivity contribution < 1.29 is 17.9 Å². The molecular formula is C13H17F3N2O. The van der Waals surface area contributed by atoms with Crippen LogP contribution < -0.4 is 10.1 Å². The predicted octanol–water partition coefficient (Wildman–Crippen LogP) is 2.97. The van der Waals surface area contributed by atoms with E-state index >= 15 is 0 Å². The summed E-state index contributed by atoms with van der Waals surface area (Å²) in [6.07, 6.45) is -3.84. The first kappa shape index (κ1) is 14.1. The van der Waals surface area contributed by atoms with Crippen LogP contribution in [-0.4, -0.2) is 23.3 Å². The third kappa shape index (κ3) is 4.09. The molecule has 106 valence electrons. The molecule has 1 fully saturated rings. The highest BCUT2D eigenvalue weighted by Gasteiger charge is 2.38. The molecule has 1 saturated carbocycles. The summed E-state index contributed by atoms with van der Waals surface area (Å²) in [7, 11) is 0. The molecule has 1 aromatic rings. The maximum absolute atomic E-state index is 12.4. The number of rotatable bonds is 5. The van der Waals surface area contributed by atoms with Crippen LogP contribution in [0.1, 0.15) is 31.0 Å². The Hall–Kier alpha value is -1.30. The highest BCUT2D eigenvalue weighted by Crippen LogP contribution is 2.25. The largest absolute Gasteiger partial charge is 0.465 e. The number of aryl methyl sites for hydroxylation is 1. The number of alkyl halides is 3. The lowest BCUT2D eigenvalue weighted by atomic mass is 10.2. The SMILES string of the molecule is Cc1nc(OC(C)C(F)(F)F)ccc1CNC1CC1. The molecular weight excluding hydrogens is 257 g/mol. The van der Waals surface area contributed by atoms with E-state index in [9.17, 15) is 13.2 Å². The number of halogens is 3. The van der Waals surface area contributed by atoms with E-state index in [0.29, 0.717) is 18.3 Å². The Morgan fingerprint density at radius 3 is 2.63 bits per heavy atom. The second-order valence-corrected chi connectivity index (χ2v) is 4.85. The number of hydrogen-bond acceptors (Lipinski definition) is 3. The molecule has 1 aliphatic rings. The number of hydrogen-bond donors (Lipinski definition) is 1. The van der Waals surface area contributed by atoms with E-state index in [1.807, 2.05) is 0 Å². The van der Waals surface area contributed by atoms with Gasteiger partial charge in [-0.1, -0.05) is 6.07 Å². The van der Waals surface area contributed by atoms with Crippen molar-refractivity contribution >= 4 is 0 Å². The van der Waals surface area contributed by atoms with Gasteiger partial charge in [-0.25, -0.2) is 4.98 Å². The Morgan fingerprint density at radius 1 is 1.42 bits per heavy atom. The lowest BCUT2D eigenvalue weighted by Crippen LogP contribution is -2.31. The second kappa shape index (κ2) is 5.36. The van der Waals surface area contributed by atoms with Crippen LogP contribution >= 0.6 is 0 Å². The lowest BCUT2D eigenvalue weighted by Gasteiger charge is -2.17. The summed E-state index contributed by atoms with van der Waals surface area (Å²) >= 11 is 0. The average molecular weight is 274 g/mol. The molecule has 0 spiro atoms. The third-order valence-corrected chi connectivity index (χ3v) is 3.09. The van der Waals surface area contributed by atoms with E-state index < -0.39 is 12.3 Å². The van der Waals surface area contributed by atoms with Gasteiger partial charge in [-0.05, 0) is 32.3 Å². The minimum absolute atomic E-state index is 0.0116. The van der Waals surface area contributed by atoms with Gasteiger partial charge >= 0.3 is 6.18 Å². The average Bonchev–Trinajstić information content (AvgIpc) is 3.10. The van der Waals surface area contributed by atoms with E-state index in [0.717, 1.165) is 12.5 Å². The minimum atomic E-state index is -4.37. The minimum Gasteiger partial charge on any atom is -0.465 e. The zero-order valence-corrected chi connectivity index (χ0v) is 10.9. The summed E-state index contributed by atoms with van der Waals surface area (Å²) in [4.78, 5) is 4.06. The van der Waals surface area contributed by atoms with E-state index in [1.54, 1.807) is 13.0 Å². The Bertz CT molecular complexity index is 444. The molecule has 1 aliphatic carbocycles. The Labute approximate surface area is 110 Å². The summed E-state index contributed by atoms with van der Waals surface area (Å²) in [5, 5.41) is 3.34. The van der Waals surface area contributed by atoms with Crippen molar-refractivity contribution in [3.63, 3.8) is 0 Å². The highest BCUT2D eigenvalue weighted by atomic mass is 19.4. The summed E-state index contributed by atoms with van der Waals surface area (Å²) in [6.45, 7) is 3.44. The molecule has 1 unspecified atom stereocenters. The first-order chi connectivity index (χ1) is 8.86. The molecule has 0 saturated heterocycles. The van der Waals surface area contributed by atoms with Crippen molar-refractivity contribution in [3.05, 3.63) is 23.4 Å². The van der Waals surface area contributed by atoms with Crippen LogP contribution in [0, 0.1) is 6.92 Å². The topological polar surface area (TPSA) is 34.1 Å². The number of nitrogens with one attached hydrogen (secondary N) is 1. The fourth-order valence-electron chi connectivity index (χ4n) is 1.61. The maximum atomic E-state index is 12.4. The first-order valence-electron chi connectivity index (χ1n) is 6.29. The van der Waals surface area contributed by atoms with Crippen LogP contribution in [0.3, 0.4) is 0 Å². The van der Waals surface area contributed by atoms with Crippen molar-refractivity contribution in [2.24, 2.45) is 0 Å². The third-order valence-electron chi connectivity index (χ3n) is 3.09.